The van der Waals surface area contributed by atoms with Crippen molar-refractivity contribution in [1.82, 2.24) is 0 Å². The Morgan fingerprint density at radius 2 is 1.50 bits per heavy atom. The average Bonchev–Trinajstić information content (AvgIpc) is 2.40. The van der Waals surface area contributed by atoms with E-state index in [0.29, 0.717) is 11.3 Å². The first kappa shape index (κ1) is 12.5. The van der Waals surface area contributed by atoms with Crippen molar-refractivity contribution in [3.05, 3.63) is 66.2 Å². The second-order valence-electron chi connectivity index (χ2n) is 3.68. The third-order valence-corrected chi connectivity index (χ3v) is 2.88. The summed E-state index contributed by atoms with van der Waals surface area (Å²) in [7, 11) is 0. The van der Waals surface area contributed by atoms with Gasteiger partial charge in [-0.2, -0.15) is 0 Å². The van der Waals surface area contributed by atoms with Gasteiger partial charge in [-0.25, -0.2) is 4.79 Å². The third kappa shape index (κ3) is 2.46. The average molecular weight is 263 g/mol. The smallest absolute Gasteiger partial charge is 0.369 e. The zero-order valence-electron chi connectivity index (χ0n) is 9.42. The number of carboxylic acid groups (broad SMARTS) is 1. The summed E-state index contributed by atoms with van der Waals surface area (Å²) in [4.78, 5) is 11.4. The molecule has 1 atom stereocenters. The molecule has 0 saturated carbocycles. The lowest BCUT2D eigenvalue weighted by Crippen LogP contribution is -2.35. The van der Waals surface area contributed by atoms with Crippen molar-refractivity contribution >= 4 is 17.6 Å². The summed E-state index contributed by atoms with van der Waals surface area (Å²) in [6, 6.07) is 17.1. The van der Waals surface area contributed by atoms with Crippen LogP contribution in [-0.2, 0) is 9.85 Å². The molecule has 2 aromatic rings. The number of carboxylic acids is 1. The summed E-state index contributed by atoms with van der Waals surface area (Å²) in [5.74, 6) is -0.849. The maximum atomic E-state index is 11.4. The van der Waals surface area contributed by atoms with Gasteiger partial charge in [0.1, 0.15) is 5.75 Å². The summed E-state index contributed by atoms with van der Waals surface area (Å²) in [6.45, 7) is 0. The van der Waals surface area contributed by atoms with E-state index in [1.54, 1.807) is 54.6 Å². The number of alkyl halides is 1. The van der Waals surface area contributed by atoms with E-state index in [-0.39, 0.29) is 0 Å². The van der Waals surface area contributed by atoms with Crippen molar-refractivity contribution in [3.8, 4) is 5.75 Å². The highest BCUT2D eigenvalue weighted by atomic mass is 35.5. The van der Waals surface area contributed by atoms with Crippen LogP contribution in [0.5, 0.6) is 5.75 Å². The first-order chi connectivity index (χ1) is 8.63. The van der Waals surface area contributed by atoms with Crippen LogP contribution in [0.15, 0.2) is 60.7 Å². The van der Waals surface area contributed by atoms with Crippen molar-refractivity contribution in [2.24, 2.45) is 0 Å². The highest BCUT2D eigenvalue weighted by Crippen LogP contribution is 2.32. The van der Waals surface area contributed by atoms with Gasteiger partial charge in [0.15, 0.2) is 0 Å². The molecule has 0 aliphatic heterocycles. The molecule has 0 fully saturated rings. The molecule has 0 aliphatic carbocycles. The largest absolute Gasteiger partial charge is 0.477 e. The summed E-state index contributed by atoms with van der Waals surface area (Å²) in [5, 5.41) is 7.38. The van der Waals surface area contributed by atoms with E-state index in [2.05, 4.69) is 0 Å². The normalized spacial score (nSPS) is 13.6. The standard InChI is InChI=1S/C14H11ClO3/c15-14(13(16)17,11-7-3-1-4-8-11)18-12-9-5-2-6-10-12/h1-10H,(H,16,17). The van der Waals surface area contributed by atoms with Gasteiger partial charge in [0.25, 0.3) is 0 Å². The minimum atomic E-state index is -1.91. The number of para-hydroxylation sites is 1. The third-order valence-electron chi connectivity index (χ3n) is 2.42. The molecule has 2 rings (SSSR count). The quantitative estimate of drug-likeness (QED) is 0.861. The van der Waals surface area contributed by atoms with Crippen molar-refractivity contribution < 1.29 is 14.6 Å². The molecule has 18 heavy (non-hydrogen) atoms. The van der Waals surface area contributed by atoms with Crippen molar-refractivity contribution in [3.63, 3.8) is 0 Å². The molecular weight excluding hydrogens is 252 g/mol. The van der Waals surface area contributed by atoms with Gasteiger partial charge >= 0.3 is 11.0 Å². The lowest BCUT2D eigenvalue weighted by molar-refractivity contribution is -0.148. The van der Waals surface area contributed by atoms with Gasteiger partial charge in [0, 0.05) is 5.56 Å². The van der Waals surface area contributed by atoms with Gasteiger partial charge in [-0.05, 0) is 12.1 Å². The van der Waals surface area contributed by atoms with Crippen LogP contribution in [0.2, 0.25) is 0 Å². The Bertz CT molecular complexity index is 527. The molecule has 0 aliphatic rings. The molecule has 92 valence electrons. The molecule has 0 bridgehead atoms. The molecule has 0 spiro atoms. The van der Waals surface area contributed by atoms with Crippen molar-refractivity contribution in [1.29, 1.82) is 0 Å². The maximum absolute atomic E-state index is 11.4. The molecule has 0 saturated heterocycles. The van der Waals surface area contributed by atoms with Crippen LogP contribution < -0.4 is 4.74 Å². The molecule has 0 amide bonds. The van der Waals surface area contributed by atoms with Gasteiger partial charge in [0.2, 0.25) is 0 Å². The summed E-state index contributed by atoms with van der Waals surface area (Å²) in [5.41, 5.74) is 0.378. The zero-order valence-corrected chi connectivity index (χ0v) is 10.2. The van der Waals surface area contributed by atoms with Crippen LogP contribution >= 0.6 is 11.6 Å². The van der Waals surface area contributed by atoms with Crippen LogP contribution in [0.3, 0.4) is 0 Å². The van der Waals surface area contributed by atoms with Crippen LogP contribution in [0.25, 0.3) is 0 Å². The minimum absolute atomic E-state index is 0.378. The Labute approximate surface area is 110 Å². The van der Waals surface area contributed by atoms with Crippen molar-refractivity contribution in [2.45, 2.75) is 5.06 Å². The van der Waals surface area contributed by atoms with Gasteiger partial charge in [0.05, 0.1) is 0 Å². The highest BCUT2D eigenvalue weighted by molar-refractivity contribution is 6.32. The molecule has 0 aromatic heterocycles. The Morgan fingerprint density at radius 3 is 2.00 bits per heavy atom. The highest BCUT2D eigenvalue weighted by Gasteiger charge is 2.41. The van der Waals surface area contributed by atoms with E-state index in [9.17, 15) is 9.90 Å². The number of hydrogen-bond acceptors (Lipinski definition) is 2. The molecule has 1 unspecified atom stereocenters. The predicted octanol–water partition coefficient (Wildman–Crippen LogP) is 3.24. The number of ether oxygens (including phenoxy) is 1. The van der Waals surface area contributed by atoms with Crippen LogP contribution in [0, 0.1) is 0 Å². The summed E-state index contributed by atoms with van der Waals surface area (Å²) < 4.78 is 5.42. The monoisotopic (exact) mass is 262 g/mol. The lowest BCUT2D eigenvalue weighted by Gasteiger charge is -2.24. The fourth-order valence-electron chi connectivity index (χ4n) is 1.53. The number of aliphatic carboxylic acids is 1. The zero-order chi connectivity index (χ0) is 13.0. The van der Waals surface area contributed by atoms with Crippen LogP contribution in [0.4, 0.5) is 0 Å². The molecular formula is C14H11ClO3. The Kier molecular flexibility index (Phi) is 3.53. The van der Waals surface area contributed by atoms with E-state index in [1.165, 1.54) is 0 Å². The minimum Gasteiger partial charge on any atom is -0.477 e. The van der Waals surface area contributed by atoms with Gasteiger partial charge < -0.3 is 9.84 Å². The first-order valence-electron chi connectivity index (χ1n) is 5.35. The Balaban J connectivity index is 2.37. The molecule has 0 radical (unpaired) electrons. The van der Waals surface area contributed by atoms with Crippen LogP contribution in [-0.4, -0.2) is 11.1 Å². The summed E-state index contributed by atoms with van der Waals surface area (Å²) >= 11 is 6.11. The number of rotatable bonds is 4. The first-order valence-corrected chi connectivity index (χ1v) is 5.72. The van der Waals surface area contributed by atoms with E-state index in [4.69, 9.17) is 16.3 Å². The van der Waals surface area contributed by atoms with Crippen molar-refractivity contribution in [2.75, 3.05) is 0 Å². The topological polar surface area (TPSA) is 46.5 Å². The molecule has 0 heterocycles. The molecule has 4 heteroatoms. The van der Waals surface area contributed by atoms with Gasteiger partial charge in [-0.3, -0.25) is 0 Å². The SMILES string of the molecule is O=C(O)C(Cl)(Oc1ccccc1)c1ccccc1. The van der Waals surface area contributed by atoms with Crippen LogP contribution in [0.1, 0.15) is 5.56 Å². The van der Waals surface area contributed by atoms with Gasteiger partial charge in [-0.1, -0.05) is 60.1 Å². The molecule has 3 nitrogen and oxygen atoms in total. The Morgan fingerprint density at radius 1 is 1.00 bits per heavy atom. The number of carbonyl (C=O) groups is 1. The second-order valence-corrected chi connectivity index (χ2v) is 4.21. The number of benzene rings is 2. The molecule has 2 aromatic carbocycles. The fourth-order valence-corrected chi connectivity index (χ4v) is 1.74. The summed E-state index contributed by atoms with van der Waals surface area (Å²) in [6.07, 6.45) is 0. The predicted molar refractivity (Wildman–Crippen MR) is 68.7 cm³/mol. The Hall–Kier alpha value is -2.00. The van der Waals surface area contributed by atoms with Gasteiger partial charge in [-0.15, -0.1) is 0 Å². The fraction of sp³-hybridized carbons (Fsp3) is 0.0714. The number of halogens is 1. The maximum Gasteiger partial charge on any atom is 0.369 e. The lowest BCUT2D eigenvalue weighted by atomic mass is 10.1. The number of hydrogen-bond donors (Lipinski definition) is 1. The van der Waals surface area contributed by atoms with E-state index < -0.39 is 11.0 Å². The molecule has 1 N–H and O–H groups in total. The van der Waals surface area contributed by atoms with E-state index >= 15 is 0 Å². The van der Waals surface area contributed by atoms with E-state index in [1.807, 2.05) is 6.07 Å². The second kappa shape index (κ2) is 5.10. The van der Waals surface area contributed by atoms with E-state index in [0.717, 1.165) is 0 Å².